The minimum absolute atomic E-state index is 0.136. The number of aryl methyl sites for hydroxylation is 1. The average Bonchev–Trinajstić information content (AvgIpc) is 2.38. The maximum absolute atomic E-state index is 11.5. The number of hydrogen-bond donors (Lipinski definition) is 2. The van der Waals surface area contributed by atoms with Crippen LogP contribution in [0.15, 0.2) is 35.1 Å². The third-order valence-corrected chi connectivity index (χ3v) is 2.83. The number of nitrogens with zero attached hydrogens (tertiary/aromatic N) is 1. The van der Waals surface area contributed by atoms with Crippen LogP contribution in [0.3, 0.4) is 0 Å². The van der Waals surface area contributed by atoms with E-state index in [1.165, 1.54) is 11.6 Å². The van der Waals surface area contributed by atoms with Gasteiger partial charge in [0.05, 0.1) is 0 Å². The Morgan fingerprint density at radius 1 is 1.28 bits per heavy atom. The van der Waals surface area contributed by atoms with E-state index in [2.05, 4.69) is 16.9 Å². The van der Waals surface area contributed by atoms with E-state index in [9.17, 15) is 4.79 Å². The van der Waals surface area contributed by atoms with E-state index >= 15 is 0 Å². The second kappa shape index (κ2) is 5.60. The highest BCUT2D eigenvalue weighted by Crippen LogP contribution is 2.15. The average molecular weight is 243 g/mol. The Labute approximate surface area is 106 Å². The molecule has 0 saturated carbocycles. The first-order chi connectivity index (χ1) is 8.72. The highest BCUT2D eigenvalue weighted by Gasteiger charge is 2.03. The zero-order valence-corrected chi connectivity index (χ0v) is 10.4. The number of H-pyrrole nitrogens is 1. The number of aromatic nitrogens is 2. The Balaban J connectivity index is 2.39. The number of benzene rings is 1. The molecule has 1 heterocycles. The summed E-state index contributed by atoms with van der Waals surface area (Å²) in [4.78, 5) is 18.7. The van der Waals surface area contributed by atoms with Crippen molar-refractivity contribution in [2.24, 2.45) is 5.73 Å². The molecule has 0 saturated heterocycles. The fourth-order valence-electron chi connectivity index (χ4n) is 1.82. The van der Waals surface area contributed by atoms with Gasteiger partial charge in [0.2, 0.25) is 0 Å². The van der Waals surface area contributed by atoms with Crippen molar-refractivity contribution in [2.75, 3.05) is 6.54 Å². The van der Waals surface area contributed by atoms with Crippen LogP contribution in [0.25, 0.3) is 11.4 Å². The minimum atomic E-state index is -0.136. The van der Waals surface area contributed by atoms with Gasteiger partial charge in [0.15, 0.2) is 0 Å². The second-order valence-corrected chi connectivity index (χ2v) is 4.17. The standard InChI is InChI=1S/C14H17N3O/c1-2-10-3-5-11(6-4-10)14-16-12(7-8-15)9-13(18)17-14/h3-6,9H,2,7-8,15H2,1H3,(H,16,17,18). The number of nitrogens with one attached hydrogen (secondary N) is 1. The predicted molar refractivity (Wildman–Crippen MR) is 72.4 cm³/mol. The van der Waals surface area contributed by atoms with Crippen molar-refractivity contribution in [3.8, 4) is 11.4 Å². The van der Waals surface area contributed by atoms with Gasteiger partial charge in [-0.15, -0.1) is 0 Å². The van der Waals surface area contributed by atoms with Gasteiger partial charge in [-0.2, -0.15) is 0 Å². The smallest absolute Gasteiger partial charge is 0.251 e. The predicted octanol–water partition coefficient (Wildman–Crippen LogP) is 1.50. The van der Waals surface area contributed by atoms with E-state index in [-0.39, 0.29) is 5.56 Å². The molecule has 0 aliphatic carbocycles. The van der Waals surface area contributed by atoms with Crippen LogP contribution < -0.4 is 11.3 Å². The molecule has 0 unspecified atom stereocenters. The molecule has 2 aromatic rings. The van der Waals surface area contributed by atoms with E-state index in [0.717, 1.165) is 17.7 Å². The second-order valence-electron chi connectivity index (χ2n) is 4.17. The number of rotatable bonds is 4. The topological polar surface area (TPSA) is 71.8 Å². The van der Waals surface area contributed by atoms with E-state index in [0.29, 0.717) is 18.8 Å². The van der Waals surface area contributed by atoms with Gasteiger partial charge in [-0.1, -0.05) is 31.2 Å². The first-order valence-electron chi connectivity index (χ1n) is 6.12. The summed E-state index contributed by atoms with van der Waals surface area (Å²) in [7, 11) is 0. The molecule has 0 spiro atoms. The monoisotopic (exact) mass is 243 g/mol. The summed E-state index contributed by atoms with van der Waals surface area (Å²) < 4.78 is 0. The molecule has 0 atom stereocenters. The molecular weight excluding hydrogens is 226 g/mol. The molecule has 0 aliphatic rings. The molecule has 4 heteroatoms. The molecule has 0 fully saturated rings. The molecule has 2 rings (SSSR count). The molecule has 0 bridgehead atoms. The summed E-state index contributed by atoms with van der Waals surface area (Å²) in [6.07, 6.45) is 1.61. The van der Waals surface area contributed by atoms with Crippen LogP contribution in [0.1, 0.15) is 18.2 Å². The molecule has 18 heavy (non-hydrogen) atoms. The van der Waals surface area contributed by atoms with E-state index < -0.39 is 0 Å². The molecule has 0 aliphatic heterocycles. The quantitative estimate of drug-likeness (QED) is 0.854. The van der Waals surface area contributed by atoms with Gasteiger partial charge in [0.25, 0.3) is 5.56 Å². The molecular formula is C14H17N3O. The normalized spacial score (nSPS) is 10.6. The zero-order valence-electron chi connectivity index (χ0n) is 10.4. The highest BCUT2D eigenvalue weighted by atomic mass is 16.1. The first-order valence-corrected chi connectivity index (χ1v) is 6.12. The lowest BCUT2D eigenvalue weighted by molar-refractivity contribution is 0.905. The molecule has 4 nitrogen and oxygen atoms in total. The van der Waals surface area contributed by atoms with Crippen molar-refractivity contribution in [3.05, 3.63) is 51.9 Å². The van der Waals surface area contributed by atoms with Gasteiger partial charge in [-0.25, -0.2) is 4.98 Å². The molecule has 0 amide bonds. The van der Waals surface area contributed by atoms with Gasteiger partial charge >= 0.3 is 0 Å². The Kier molecular flexibility index (Phi) is 3.89. The number of aromatic amines is 1. The summed E-state index contributed by atoms with van der Waals surface area (Å²) in [6.45, 7) is 2.60. The van der Waals surface area contributed by atoms with Crippen molar-refractivity contribution in [1.29, 1.82) is 0 Å². The van der Waals surface area contributed by atoms with Crippen LogP contribution in [0.5, 0.6) is 0 Å². The fraction of sp³-hybridized carbons (Fsp3) is 0.286. The summed E-state index contributed by atoms with van der Waals surface area (Å²) in [5.41, 5.74) is 8.26. The third kappa shape index (κ3) is 2.84. The summed E-state index contributed by atoms with van der Waals surface area (Å²) in [6, 6.07) is 9.54. The van der Waals surface area contributed by atoms with Gasteiger partial charge in [-0.3, -0.25) is 4.79 Å². The van der Waals surface area contributed by atoms with Crippen molar-refractivity contribution in [3.63, 3.8) is 0 Å². The SMILES string of the molecule is CCc1ccc(-c2nc(CCN)cc(=O)[nH]2)cc1. The molecule has 94 valence electrons. The first kappa shape index (κ1) is 12.5. The van der Waals surface area contributed by atoms with Crippen molar-refractivity contribution >= 4 is 0 Å². The summed E-state index contributed by atoms with van der Waals surface area (Å²) >= 11 is 0. The van der Waals surface area contributed by atoms with Crippen LogP contribution in [0.2, 0.25) is 0 Å². The Hall–Kier alpha value is -1.94. The maximum atomic E-state index is 11.5. The largest absolute Gasteiger partial charge is 0.330 e. The fourth-order valence-corrected chi connectivity index (χ4v) is 1.82. The van der Waals surface area contributed by atoms with E-state index in [1.54, 1.807) is 0 Å². The number of nitrogens with two attached hydrogens (primary N) is 1. The summed E-state index contributed by atoms with van der Waals surface area (Å²) in [5.74, 6) is 0.605. The molecule has 3 N–H and O–H groups in total. The van der Waals surface area contributed by atoms with Crippen LogP contribution in [0.4, 0.5) is 0 Å². The van der Waals surface area contributed by atoms with E-state index in [4.69, 9.17) is 5.73 Å². The summed E-state index contributed by atoms with van der Waals surface area (Å²) in [5, 5.41) is 0. The Morgan fingerprint density at radius 2 is 2.00 bits per heavy atom. The number of hydrogen-bond acceptors (Lipinski definition) is 3. The van der Waals surface area contributed by atoms with Crippen LogP contribution in [-0.2, 0) is 12.8 Å². The van der Waals surface area contributed by atoms with Gasteiger partial charge in [0, 0.05) is 23.7 Å². The Bertz CT molecular complexity index is 572. The Morgan fingerprint density at radius 3 is 2.61 bits per heavy atom. The van der Waals surface area contributed by atoms with Crippen molar-refractivity contribution < 1.29 is 0 Å². The van der Waals surface area contributed by atoms with Crippen LogP contribution in [0, 0.1) is 0 Å². The zero-order chi connectivity index (χ0) is 13.0. The van der Waals surface area contributed by atoms with Crippen molar-refractivity contribution in [2.45, 2.75) is 19.8 Å². The van der Waals surface area contributed by atoms with Crippen LogP contribution >= 0.6 is 0 Å². The molecule has 1 aromatic heterocycles. The van der Waals surface area contributed by atoms with Gasteiger partial charge in [-0.05, 0) is 18.5 Å². The maximum Gasteiger partial charge on any atom is 0.251 e. The van der Waals surface area contributed by atoms with Crippen molar-refractivity contribution in [1.82, 2.24) is 9.97 Å². The van der Waals surface area contributed by atoms with Gasteiger partial charge in [0.1, 0.15) is 5.82 Å². The van der Waals surface area contributed by atoms with Gasteiger partial charge < -0.3 is 10.7 Å². The van der Waals surface area contributed by atoms with E-state index in [1.807, 2.05) is 24.3 Å². The highest BCUT2D eigenvalue weighted by molar-refractivity contribution is 5.55. The lowest BCUT2D eigenvalue weighted by atomic mass is 10.1. The molecule has 1 aromatic carbocycles. The lowest BCUT2D eigenvalue weighted by Gasteiger charge is -2.04. The molecule has 0 radical (unpaired) electrons. The minimum Gasteiger partial charge on any atom is -0.330 e. The lowest BCUT2D eigenvalue weighted by Crippen LogP contribution is -2.13. The third-order valence-electron chi connectivity index (χ3n) is 2.83. The van der Waals surface area contributed by atoms with Crippen LogP contribution in [-0.4, -0.2) is 16.5 Å².